The van der Waals surface area contributed by atoms with Gasteiger partial charge in [-0.25, -0.2) is 8.42 Å². The normalized spacial score (nSPS) is 11.6. The predicted molar refractivity (Wildman–Crippen MR) is 80.5 cm³/mol. The fourth-order valence-corrected chi connectivity index (χ4v) is 4.71. The van der Waals surface area contributed by atoms with Crippen LogP contribution in [0.5, 0.6) is 0 Å². The zero-order chi connectivity index (χ0) is 14.2. The molecule has 0 atom stereocenters. The predicted octanol–water partition coefficient (Wildman–Crippen LogP) is 3.78. The van der Waals surface area contributed by atoms with E-state index >= 15 is 0 Å². The van der Waals surface area contributed by atoms with Gasteiger partial charge in [-0.15, -0.1) is 11.3 Å². The number of rotatable bonds is 3. The maximum Gasteiger partial charge on any atom is 0.262 e. The molecule has 0 aliphatic carbocycles. The molecule has 0 aliphatic heterocycles. The van der Waals surface area contributed by atoms with Crippen LogP contribution in [0.4, 0.5) is 5.69 Å². The van der Waals surface area contributed by atoms with E-state index in [1.807, 2.05) is 45.9 Å². The quantitative estimate of drug-likeness (QED) is 0.936. The van der Waals surface area contributed by atoms with Gasteiger partial charge in [-0.05, 0) is 57.0 Å². The van der Waals surface area contributed by atoms with E-state index in [1.54, 1.807) is 6.07 Å². The van der Waals surface area contributed by atoms with Crippen LogP contribution >= 0.6 is 11.3 Å². The van der Waals surface area contributed by atoms with Crippen LogP contribution < -0.4 is 4.72 Å². The molecular weight excluding hydrogens is 278 g/mol. The van der Waals surface area contributed by atoms with Gasteiger partial charge in [0.05, 0.1) is 0 Å². The topological polar surface area (TPSA) is 46.2 Å². The molecule has 5 heteroatoms. The van der Waals surface area contributed by atoms with E-state index in [1.165, 1.54) is 11.3 Å². The molecule has 0 saturated carbocycles. The van der Waals surface area contributed by atoms with Crippen LogP contribution in [0.2, 0.25) is 0 Å². The highest BCUT2D eigenvalue weighted by molar-refractivity contribution is 7.93. The average molecular weight is 295 g/mol. The van der Waals surface area contributed by atoms with Crippen molar-refractivity contribution in [1.82, 2.24) is 0 Å². The second-order valence-electron chi connectivity index (χ2n) is 4.76. The zero-order valence-corrected chi connectivity index (χ0v) is 13.1. The third-order valence-electron chi connectivity index (χ3n) is 2.76. The van der Waals surface area contributed by atoms with Crippen molar-refractivity contribution in [1.29, 1.82) is 0 Å². The van der Waals surface area contributed by atoms with Gasteiger partial charge in [-0.3, -0.25) is 4.72 Å². The van der Waals surface area contributed by atoms with Crippen molar-refractivity contribution in [2.45, 2.75) is 32.6 Å². The van der Waals surface area contributed by atoms with Gasteiger partial charge in [0, 0.05) is 15.4 Å². The lowest BCUT2D eigenvalue weighted by atomic mass is 10.1. The maximum absolute atomic E-state index is 12.4. The summed E-state index contributed by atoms with van der Waals surface area (Å²) in [5.74, 6) is 0. The highest BCUT2D eigenvalue weighted by atomic mass is 32.2. The molecule has 0 radical (unpaired) electrons. The van der Waals surface area contributed by atoms with E-state index < -0.39 is 10.0 Å². The van der Waals surface area contributed by atoms with Crippen molar-refractivity contribution in [3.05, 3.63) is 45.1 Å². The Hall–Kier alpha value is -1.33. The molecular formula is C14H17NO2S2. The number of benzene rings is 1. The van der Waals surface area contributed by atoms with Gasteiger partial charge in [-0.2, -0.15) is 0 Å². The monoisotopic (exact) mass is 295 g/mol. The van der Waals surface area contributed by atoms with Crippen LogP contribution in [-0.2, 0) is 10.0 Å². The summed E-state index contributed by atoms with van der Waals surface area (Å²) in [6.07, 6.45) is 0. The summed E-state index contributed by atoms with van der Waals surface area (Å²) in [5.41, 5.74) is 2.69. The van der Waals surface area contributed by atoms with E-state index in [0.717, 1.165) is 20.9 Å². The molecule has 0 spiro atoms. The number of aryl methyl sites for hydroxylation is 4. The summed E-state index contributed by atoms with van der Waals surface area (Å²) in [4.78, 5) is 2.18. The van der Waals surface area contributed by atoms with Gasteiger partial charge in [0.15, 0.2) is 0 Å². The fourth-order valence-electron chi connectivity index (χ4n) is 2.12. The van der Waals surface area contributed by atoms with Crippen LogP contribution in [0.3, 0.4) is 0 Å². The van der Waals surface area contributed by atoms with Crippen LogP contribution in [0.1, 0.15) is 20.9 Å². The molecule has 1 heterocycles. The van der Waals surface area contributed by atoms with Crippen molar-refractivity contribution < 1.29 is 8.42 Å². The Morgan fingerprint density at radius 2 is 1.53 bits per heavy atom. The summed E-state index contributed by atoms with van der Waals surface area (Å²) in [6, 6.07) is 7.39. The van der Waals surface area contributed by atoms with Crippen molar-refractivity contribution in [2.75, 3.05) is 4.72 Å². The second kappa shape index (κ2) is 4.98. The standard InChI is InChI=1S/C14H17NO2S2/c1-9-5-10(2)7-13(6-9)15-19(16,17)14-8-11(3)18-12(14)4/h5-8,15H,1-4H3. The molecule has 102 valence electrons. The Kier molecular flexibility index (Phi) is 3.69. The first-order chi connectivity index (χ1) is 8.78. The molecule has 0 saturated heterocycles. The number of anilines is 1. The lowest BCUT2D eigenvalue weighted by Crippen LogP contribution is -2.13. The van der Waals surface area contributed by atoms with Gasteiger partial charge in [0.25, 0.3) is 10.0 Å². The summed E-state index contributed by atoms with van der Waals surface area (Å²) in [7, 11) is -3.50. The summed E-state index contributed by atoms with van der Waals surface area (Å²) in [6.45, 7) is 7.64. The van der Waals surface area contributed by atoms with Crippen molar-refractivity contribution in [3.63, 3.8) is 0 Å². The molecule has 3 nitrogen and oxygen atoms in total. The van der Waals surface area contributed by atoms with E-state index in [2.05, 4.69) is 4.72 Å². The zero-order valence-electron chi connectivity index (χ0n) is 11.4. The fraction of sp³-hybridized carbons (Fsp3) is 0.286. The molecule has 2 rings (SSSR count). The first-order valence-corrected chi connectivity index (χ1v) is 8.26. The van der Waals surface area contributed by atoms with Gasteiger partial charge in [-0.1, -0.05) is 6.07 Å². The number of thiophene rings is 1. The van der Waals surface area contributed by atoms with Gasteiger partial charge in [0.2, 0.25) is 0 Å². The minimum Gasteiger partial charge on any atom is -0.280 e. The minimum absolute atomic E-state index is 0.370. The second-order valence-corrected chi connectivity index (χ2v) is 7.87. The van der Waals surface area contributed by atoms with Gasteiger partial charge >= 0.3 is 0 Å². The first-order valence-electron chi connectivity index (χ1n) is 5.96. The van der Waals surface area contributed by atoms with Gasteiger partial charge < -0.3 is 0 Å². The van der Waals surface area contributed by atoms with Crippen LogP contribution in [-0.4, -0.2) is 8.42 Å². The van der Waals surface area contributed by atoms with E-state index in [0.29, 0.717) is 10.6 Å². The SMILES string of the molecule is Cc1cc(C)cc(NS(=O)(=O)c2cc(C)sc2C)c1. The molecule has 19 heavy (non-hydrogen) atoms. The highest BCUT2D eigenvalue weighted by Crippen LogP contribution is 2.27. The summed E-state index contributed by atoms with van der Waals surface area (Å²) < 4.78 is 27.4. The minimum atomic E-state index is -3.50. The molecule has 0 unspecified atom stereocenters. The Balaban J connectivity index is 2.39. The molecule has 0 fully saturated rings. The van der Waals surface area contributed by atoms with Crippen LogP contribution in [0.15, 0.2) is 29.2 Å². The Bertz CT molecular complexity index is 695. The maximum atomic E-state index is 12.4. The number of nitrogens with one attached hydrogen (secondary N) is 1. The molecule has 0 aliphatic rings. The summed E-state index contributed by atoms with van der Waals surface area (Å²) >= 11 is 1.49. The number of hydrogen-bond donors (Lipinski definition) is 1. The molecule has 1 N–H and O–H groups in total. The van der Waals surface area contributed by atoms with Crippen molar-refractivity contribution >= 4 is 27.0 Å². The lowest BCUT2D eigenvalue weighted by molar-refractivity contribution is 0.601. The highest BCUT2D eigenvalue weighted by Gasteiger charge is 2.19. The Morgan fingerprint density at radius 3 is 2.00 bits per heavy atom. The van der Waals surface area contributed by atoms with E-state index in [4.69, 9.17) is 0 Å². The molecule has 1 aromatic carbocycles. The Morgan fingerprint density at radius 1 is 0.947 bits per heavy atom. The third-order valence-corrected chi connectivity index (χ3v) is 5.36. The molecule has 1 aromatic heterocycles. The summed E-state index contributed by atoms with van der Waals surface area (Å²) in [5, 5.41) is 0. The third kappa shape index (κ3) is 3.16. The largest absolute Gasteiger partial charge is 0.280 e. The van der Waals surface area contributed by atoms with Crippen LogP contribution in [0.25, 0.3) is 0 Å². The van der Waals surface area contributed by atoms with Crippen LogP contribution in [0, 0.1) is 27.7 Å². The smallest absolute Gasteiger partial charge is 0.262 e. The van der Waals surface area contributed by atoms with Crippen molar-refractivity contribution in [2.24, 2.45) is 0 Å². The van der Waals surface area contributed by atoms with Crippen molar-refractivity contribution in [3.8, 4) is 0 Å². The number of sulfonamides is 1. The molecule has 0 amide bonds. The lowest BCUT2D eigenvalue weighted by Gasteiger charge is -2.09. The molecule has 0 bridgehead atoms. The van der Waals surface area contributed by atoms with Gasteiger partial charge in [0.1, 0.15) is 4.90 Å². The Labute approximate surface area is 118 Å². The first kappa shape index (κ1) is 14.1. The molecule has 2 aromatic rings. The number of hydrogen-bond acceptors (Lipinski definition) is 3. The van der Waals surface area contributed by atoms with E-state index in [9.17, 15) is 8.42 Å². The van der Waals surface area contributed by atoms with E-state index in [-0.39, 0.29) is 0 Å². The average Bonchev–Trinajstić information content (AvgIpc) is 2.56.